The highest BCUT2D eigenvalue weighted by Crippen LogP contribution is 2.38. The lowest BCUT2D eigenvalue weighted by molar-refractivity contribution is 0.00578. The van der Waals surface area contributed by atoms with Crippen molar-refractivity contribution in [2.45, 2.75) is 45.5 Å². The van der Waals surface area contributed by atoms with Gasteiger partial charge in [-0.15, -0.1) is 0 Å². The summed E-state index contributed by atoms with van der Waals surface area (Å²) in [6.07, 6.45) is 3.47. The molecule has 1 fully saturated rings. The Hall–Kier alpha value is -1.27. The minimum Gasteiger partial charge on any atom is -0.487 e. The van der Waals surface area contributed by atoms with Crippen molar-refractivity contribution in [3.63, 3.8) is 0 Å². The molecule has 3 rings (SSSR count). The van der Waals surface area contributed by atoms with Crippen LogP contribution in [0.3, 0.4) is 0 Å². The Bertz CT molecular complexity index is 752. The standard InChI is InChI=1S/C18H20BCl2NO3/c1-17(2)18(3,4)25-19(24-17)13-8-16(15(21)9-14(13)20)23-11-12-6-5-7-22-10-12/h5-10H,11H2,1-4H3. The Morgan fingerprint density at radius 1 is 1.08 bits per heavy atom. The number of benzene rings is 1. The second-order valence-electron chi connectivity index (χ2n) is 7.04. The summed E-state index contributed by atoms with van der Waals surface area (Å²) in [6.45, 7) is 8.35. The van der Waals surface area contributed by atoms with Gasteiger partial charge < -0.3 is 14.0 Å². The smallest absolute Gasteiger partial charge is 0.487 e. The van der Waals surface area contributed by atoms with Gasteiger partial charge in [-0.25, -0.2) is 0 Å². The highest BCUT2D eigenvalue weighted by Gasteiger charge is 2.52. The molecule has 0 radical (unpaired) electrons. The largest absolute Gasteiger partial charge is 0.496 e. The Morgan fingerprint density at radius 3 is 2.36 bits per heavy atom. The quantitative estimate of drug-likeness (QED) is 0.744. The summed E-state index contributed by atoms with van der Waals surface area (Å²) >= 11 is 12.7. The van der Waals surface area contributed by atoms with Crippen molar-refractivity contribution in [1.29, 1.82) is 0 Å². The van der Waals surface area contributed by atoms with Crippen LogP contribution in [-0.2, 0) is 15.9 Å². The van der Waals surface area contributed by atoms with Crippen LogP contribution in [0.4, 0.5) is 0 Å². The fourth-order valence-corrected chi connectivity index (χ4v) is 2.98. The molecular formula is C18H20BCl2NO3. The summed E-state index contributed by atoms with van der Waals surface area (Å²) in [6, 6.07) is 7.23. The van der Waals surface area contributed by atoms with Crippen molar-refractivity contribution in [2.24, 2.45) is 0 Å². The average molecular weight is 380 g/mol. The second kappa shape index (κ2) is 6.80. The van der Waals surface area contributed by atoms with Crippen molar-refractivity contribution in [1.82, 2.24) is 4.98 Å². The molecule has 25 heavy (non-hydrogen) atoms. The molecule has 1 aromatic carbocycles. The van der Waals surface area contributed by atoms with E-state index >= 15 is 0 Å². The van der Waals surface area contributed by atoms with Gasteiger partial charge in [-0.1, -0.05) is 29.3 Å². The predicted molar refractivity (Wildman–Crippen MR) is 101 cm³/mol. The van der Waals surface area contributed by atoms with Crippen LogP contribution >= 0.6 is 23.2 Å². The van der Waals surface area contributed by atoms with Crippen LogP contribution in [0.1, 0.15) is 33.3 Å². The van der Waals surface area contributed by atoms with Gasteiger partial charge >= 0.3 is 7.12 Å². The summed E-state index contributed by atoms with van der Waals surface area (Å²) in [5.41, 5.74) is 0.756. The Morgan fingerprint density at radius 2 is 1.76 bits per heavy atom. The molecule has 0 atom stereocenters. The molecule has 0 spiro atoms. The van der Waals surface area contributed by atoms with Crippen LogP contribution in [0.2, 0.25) is 10.0 Å². The summed E-state index contributed by atoms with van der Waals surface area (Å²) in [7, 11) is -0.574. The normalized spacial score (nSPS) is 18.4. The molecule has 1 aliphatic heterocycles. The minimum atomic E-state index is -0.574. The topological polar surface area (TPSA) is 40.6 Å². The molecule has 1 aromatic heterocycles. The number of nitrogens with zero attached hydrogens (tertiary/aromatic N) is 1. The van der Waals surface area contributed by atoms with Crippen LogP contribution in [0.15, 0.2) is 36.7 Å². The van der Waals surface area contributed by atoms with E-state index in [2.05, 4.69) is 4.98 Å². The highest BCUT2D eigenvalue weighted by molar-refractivity contribution is 6.66. The van der Waals surface area contributed by atoms with Gasteiger partial charge in [0.15, 0.2) is 0 Å². The third-order valence-electron chi connectivity index (χ3n) is 4.68. The first-order valence-electron chi connectivity index (χ1n) is 8.06. The average Bonchev–Trinajstić information content (AvgIpc) is 2.75. The SMILES string of the molecule is CC1(C)OB(c2cc(OCc3cccnc3)c(Cl)cc2Cl)OC1(C)C. The number of hydrogen-bond donors (Lipinski definition) is 0. The first kappa shape index (κ1) is 18.5. The Kier molecular flexibility index (Phi) is 5.04. The predicted octanol–water partition coefficient (Wildman–Crippen LogP) is 4.27. The molecule has 4 nitrogen and oxygen atoms in total. The van der Waals surface area contributed by atoms with Crippen molar-refractivity contribution in [3.05, 3.63) is 52.3 Å². The number of hydrogen-bond acceptors (Lipinski definition) is 4. The molecule has 2 heterocycles. The molecule has 0 bridgehead atoms. The second-order valence-corrected chi connectivity index (χ2v) is 7.86. The van der Waals surface area contributed by atoms with Gasteiger partial charge in [0, 0.05) is 28.4 Å². The van der Waals surface area contributed by atoms with E-state index in [9.17, 15) is 0 Å². The maximum atomic E-state index is 6.37. The van der Waals surface area contributed by atoms with E-state index < -0.39 is 18.3 Å². The molecule has 0 saturated carbocycles. The fraction of sp³-hybridized carbons (Fsp3) is 0.389. The van der Waals surface area contributed by atoms with Gasteiger partial charge in [-0.2, -0.15) is 0 Å². The highest BCUT2D eigenvalue weighted by atomic mass is 35.5. The van der Waals surface area contributed by atoms with E-state index in [0.717, 1.165) is 5.56 Å². The maximum Gasteiger partial charge on any atom is 0.496 e. The lowest BCUT2D eigenvalue weighted by atomic mass is 9.79. The van der Waals surface area contributed by atoms with Gasteiger partial charge in [0.1, 0.15) is 12.4 Å². The molecule has 7 heteroatoms. The number of pyridine rings is 1. The first-order valence-corrected chi connectivity index (χ1v) is 8.81. The van der Waals surface area contributed by atoms with Crippen LogP contribution in [0, 0.1) is 0 Å². The van der Waals surface area contributed by atoms with Crippen LogP contribution in [0.25, 0.3) is 0 Å². The van der Waals surface area contributed by atoms with Crippen molar-refractivity contribution < 1.29 is 14.0 Å². The van der Waals surface area contributed by atoms with Crippen LogP contribution in [-0.4, -0.2) is 23.3 Å². The molecular weight excluding hydrogens is 360 g/mol. The van der Waals surface area contributed by atoms with Crippen molar-refractivity contribution >= 4 is 35.8 Å². The monoisotopic (exact) mass is 379 g/mol. The van der Waals surface area contributed by atoms with E-state index in [1.54, 1.807) is 24.5 Å². The molecule has 0 amide bonds. The van der Waals surface area contributed by atoms with Gasteiger partial charge in [-0.05, 0) is 45.9 Å². The minimum absolute atomic E-state index is 0.359. The van der Waals surface area contributed by atoms with E-state index in [1.165, 1.54) is 0 Å². The summed E-state index contributed by atoms with van der Waals surface area (Å²) in [5.74, 6) is 0.527. The van der Waals surface area contributed by atoms with Gasteiger partial charge in [-0.3, -0.25) is 4.98 Å². The van der Waals surface area contributed by atoms with Crippen molar-refractivity contribution in [2.75, 3.05) is 0 Å². The zero-order valence-electron chi connectivity index (χ0n) is 14.7. The molecule has 1 aliphatic rings. The summed E-state index contributed by atoms with van der Waals surface area (Å²) < 4.78 is 18.0. The van der Waals surface area contributed by atoms with E-state index in [-0.39, 0.29) is 0 Å². The molecule has 0 aliphatic carbocycles. The van der Waals surface area contributed by atoms with Gasteiger partial charge in [0.05, 0.1) is 16.2 Å². The number of rotatable bonds is 4. The Balaban J connectivity index is 1.84. The number of aromatic nitrogens is 1. The molecule has 0 unspecified atom stereocenters. The fourth-order valence-electron chi connectivity index (χ4n) is 2.45. The zero-order chi connectivity index (χ0) is 18.2. The van der Waals surface area contributed by atoms with Crippen molar-refractivity contribution in [3.8, 4) is 5.75 Å². The Labute approximate surface area is 158 Å². The summed E-state index contributed by atoms with van der Waals surface area (Å²) in [5, 5.41) is 0.923. The molecule has 2 aromatic rings. The first-order chi connectivity index (χ1) is 11.7. The lowest BCUT2D eigenvalue weighted by Gasteiger charge is -2.32. The zero-order valence-corrected chi connectivity index (χ0v) is 16.2. The van der Waals surface area contributed by atoms with Gasteiger partial charge in [0.2, 0.25) is 0 Å². The third-order valence-corrected chi connectivity index (χ3v) is 5.30. The lowest BCUT2D eigenvalue weighted by Crippen LogP contribution is -2.41. The van der Waals surface area contributed by atoms with E-state index in [4.69, 9.17) is 37.2 Å². The van der Waals surface area contributed by atoms with Gasteiger partial charge in [0.25, 0.3) is 0 Å². The van der Waals surface area contributed by atoms with E-state index in [0.29, 0.717) is 27.9 Å². The van der Waals surface area contributed by atoms with Crippen LogP contribution in [0.5, 0.6) is 5.75 Å². The number of halogens is 2. The van der Waals surface area contributed by atoms with E-state index in [1.807, 2.05) is 39.8 Å². The third kappa shape index (κ3) is 3.80. The maximum absolute atomic E-state index is 6.37. The summed E-state index contributed by atoms with van der Waals surface area (Å²) in [4.78, 5) is 4.07. The molecule has 132 valence electrons. The number of ether oxygens (including phenoxy) is 1. The molecule has 1 saturated heterocycles. The van der Waals surface area contributed by atoms with Crippen LogP contribution < -0.4 is 10.2 Å². The molecule has 0 N–H and O–H groups in total.